The Hall–Kier alpha value is -2.09. The Morgan fingerprint density at radius 2 is 1.88 bits per heavy atom. The minimum absolute atomic E-state index is 0.0671. The lowest BCUT2D eigenvalue weighted by molar-refractivity contribution is 0.0947. The lowest BCUT2D eigenvalue weighted by atomic mass is 10.2. The van der Waals surface area contributed by atoms with Crippen molar-refractivity contribution in [1.29, 1.82) is 0 Å². The number of nitrogens with one attached hydrogen (secondary N) is 1. The number of para-hydroxylation sites is 1. The summed E-state index contributed by atoms with van der Waals surface area (Å²) in [5.41, 5.74) is 0.265. The number of rotatable bonds is 7. The number of amides is 1. The van der Waals surface area contributed by atoms with Crippen LogP contribution in [-0.2, 0) is 10.0 Å². The van der Waals surface area contributed by atoms with Crippen LogP contribution in [0.3, 0.4) is 0 Å². The van der Waals surface area contributed by atoms with E-state index in [-0.39, 0.29) is 29.5 Å². The number of hydrogen-bond acceptors (Lipinski definition) is 4. The summed E-state index contributed by atoms with van der Waals surface area (Å²) >= 11 is 5.97. The van der Waals surface area contributed by atoms with Gasteiger partial charge < -0.3 is 10.1 Å². The Balaban J connectivity index is 1.94. The Labute approximate surface area is 152 Å². The Morgan fingerprint density at radius 1 is 1.16 bits per heavy atom. The summed E-state index contributed by atoms with van der Waals surface area (Å²) in [4.78, 5) is 12.2. The number of benzene rings is 2. The summed E-state index contributed by atoms with van der Waals surface area (Å²) in [6.45, 7) is 0.500. The fourth-order valence-corrected chi connectivity index (χ4v) is 3.14. The summed E-state index contributed by atoms with van der Waals surface area (Å²) in [5.74, 6) is 0.163. The van der Waals surface area contributed by atoms with Gasteiger partial charge in [0.2, 0.25) is 10.0 Å². The van der Waals surface area contributed by atoms with Crippen LogP contribution in [0.2, 0.25) is 5.02 Å². The van der Waals surface area contributed by atoms with E-state index >= 15 is 0 Å². The lowest BCUT2D eigenvalue weighted by Gasteiger charge is -2.12. The fourth-order valence-electron chi connectivity index (χ4n) is 2.00. The maximum absolute atomic E-state index is 12.2. The number of sulfonamides is 1. The topological polar surface area (TPSA) is 75.7 Å². The zero-order valence-corrected chi connectivity index (χ0v) is 15.5. The molecule has 0 radical (unpaired) electrons. The summed E-state index contributed by atoms with van der Waals surface area (Å²) < 4.78 is 30.8. The number of nitrogens with zero attached hydrogens (tertiary/aromatic N) is 1. The maximum atomic E-state index is 12.2. The minimum atomic E-state index is -3.58. The Kier molecular flexibility index (Phi) is 6.41. The third-order valence-electron chi connectivity index (χ3n) is 3.36. The molecule has 25 heavy (non-hydrogen) atoms. The molecule has 0 fully saturated rings. The SMILES string of the molecule is CN(C)S(=O)(=O)c1cccc(C(=O)NCCOc2ccccc2Cl)c1. The van der Waals surface area contributed by atoms with Crippen LogP contribution in [0.4, 0.5) is 0 Å². The minimum Gasteiger partial charge on any atom is -0.490 e. The van der Waals surface area contributed by atoms with E-state index in [0.717, 1.165) is 4.31 Å². The molecule has 2 aromatic carbocycles. The van der Waals surface area contributed by atoms with Crippen LogP contribution in [-0.4, -0.2) is 45.9 Å². The molecule has 0 saturated heterocycles. The second-order valence-corrected chi connectivity index (χ2v) is 7.91. The van der Waals surface area contributed by atoms with Crippen molar-refractivity contribution in [2.45, 2.75) is 4.90 Å². The van der Waals surface area contributed by atoms with Crippen molar-refractivity contribution < 1.29 is 17.9 Å². The molecule has 6 nitrogen and oxygen atoms in total. The van der Waals surface area contributed by atoms with E-state index in [1.165, 1.54) is 32.3 Å². The summed E-state index contributed by atoms with van der Waals surface area (Å²) in [6.07, 6.45) is 0. The number of ether oxygens (including phenoxy) is 1. The van der Waals surface area contributed by atoms with E-state index in [1.807, 2.05) is 0 Å². The van der Waals surface area contributed by atoms with Gasteiger partial charge in [-0.15, -0.1) is 0 Å². The van der Waals surface area contributed by atoms with Gasteiger partial charge in [0.25, 0.3) is 5.91 Å². The molecule has 0 aliphatic carbocycles. The van der Waals surface area contributed by atoms with Gasteiger partial charge in [-0.2, -0.15) is 0 Å². The maximum Gasteiger partial charge on any atom is 0.251 e. The zero-order chi connectivity index (χ0) is 18.4. The zero-order valence-electron chi connectivity index (χ0n) is 13.9. The number of halogens is 1. The molecule has 0 saturated carbocycles. The Morgan fingerprint density at radius 3 is 2.56 bits per heavy atom. The highest BCUT2D eigenvalue weighted by molar-refractivity contribution is 7.89. The average Bonchev–Trinajstić information content (AvgIpc) is 2.60. The highest BCUT2D eigenvalue weighted by Crippen LogP contribution is 2.22. The molecule has 134 valence electrons. The predicted octanol–water partition coefficient (Wildman–Crippen LogP) is 2.40. The standard InChI is InChI=1S/C17H19ClN2O4S/c1-20(2)25(22,23)14-7-5-6-13(12-14)17(21)19-10-11-24-16-9-4-3-8-15(16)18/h3-9,12H,10-11H2,1-2H3,(H,19,21). The van der Waals surface area contributed by atoms with Crippen molar-refractivity contribution in [3.05, 3.63) is 59.1 Å². The van der Waals surface area contributed by atoms with Crippen LogP contribution < -0.4 is 10.1 Å². The van der Waals surface area contributed by atoms with Gasteiger partial charge >= 0.3 is 0 Å². The molecule has 0 unspecified atom stereocenters. The first-order valence-corrected chi connectivity index (χ1v) is 9.32. The van der Waals surface area contributed by atoms with Gasteiger partial charge in [0.1, 0.15) is 12.4 Å². The van der Waals surface area contributed by atoms with Gasteiger partial charge in [-0.3, -0.25) is 4.79 Å². The molecule has 1 N–H and O–H groups in total. The van der Waals surface area contributed by atoms with Crippen LogP contribution in [0.1, 0.15) is 10.4 Å². The first-order valence-electron chi connectivity index (χ1n) is 7.50. The molecule has 0 aliphatic rings. The van der Waals surface area contributed by atoms with Crippen molar-refractivity contribution in [3.63, 3.8) is 0 Å². The fraction of sp³-hybridized carbons (Fsp3) is 0.235. The molecular weight excluding hydrogens is 364 g/mol. The van der Waals surface area contributed by atoms with Gasteiger partial charge in [0.05, 0.1) is 16.5 Å². The summed E-state index contributed by atoms with van der Waals surface area (Å²) in [7, 11) is -0.708. The van der Waals surface area contributed by atoms with Crippen LogP contribution in [0.15, 0.2) is 53.4 Å². The molecule has 0 atom stereocenters. The average molecular weight is 383 g/mol. The van der Waals surface area contributed by atoms with Gasteiger partial charge in [0.15, 0.2) is 0 Å². The van der Waals surface area contributed by atoms with Gasteiger partial charge in [-0.05, 0) is 30.3 Å². The molecule has 0 bridgehead atoms. The molecule has 0 aromatic heterocycles. The van der Waals surface area contributed by atoms with Crippen LogP contribution in [0, 0.1) is 0 Å². The van der Waals surface area contributed by atoms with Crippen LogP contribution in [0.25, 0.3) is 0 Å². The quantitative estimate of drug-likeness (QED) is 0.746. The highest BCUT2D eigenvalue weighted by Gasteiger charge is 2.18. The molecule has 8 heteroatoms. The van der Waals surface area contributed by atoms with E-state index in [4.69, 9.17) is 16.3 Å². The number of hydrogen-bond donors (Lipinski definition) is 1. The largest absolute Gasteiger partial charge is 0.490 e. The second kappa shape index (κ2) is 8.33. The van der Waals surface area contributed by atoms with E-state index < -0.39 is 10.0 Å². The smallest absolute Gasteiger partial charge is 0.251 e. The monoisotopic (exact) mass is 382 g/mol. The molecule has 1 amide bonds. The third kappa shape index (κ3) is 4.94. The van der Waals surface area contributed by atoms with Gasteiger partial charge in [-0.1, -0.05) is 29.8 Å². The molecule has 0 spiro atoms. The number of carbonyl (C=O) groups excluding carboxylic acids is 1. The third-order valence-corrected chi connectivity index (χ3v) is 5.48. The van der Waals surface area contributed by atoms with E-state index in [0.29, 0.717) is 10.8 Å². The normalized spacial score (nSPS) is 11.4. The molecule has 0 aliphatic heterocycles. The number of carbonyl (C=O) groups is 1. The highest BCUT2D eigenvalue weighted by atomic mass is 35.5. The predicted molar refractivity (Wildman–Crippen MR) is 96.6 cm³/mol. The lowest BCUT2D eigenvalue weighted by Crippen LogP contribution is -2.28. The van der Waals surface area contributed by atoms with Crippen LogP contribution >= 0.6 is 11.6 Å². The van der Waals surface area contributed by atoms with Crippen molar-refractivity contribution >= 4 is 27.5 Å². The molecule has 2 rings (SSSR count). The van der Waals surface area contributed by atoms with Crippen LogP contribution in [0.5, 0.6) is 5.75 Å². The first kappa shape index (κ1) is 19.2. The summed E-state index contributed by atoms with van der Waals surface area (Å²) in [6, 6.07) is 12.9. The van der Waals surface area contributed by atoms with Crippen molar-refractivity contribution in [1.82, 2.24) is 9.62 Å². The second-order valence-electron chi connectivity index (χ2n) is 5.35. The van der Waals surface area contributed by atoms with E-state index in [9.17, 15) is 13.2 Å². The van der Waals surface area contributed by atoms with Gasteiger partial charge in [-0.25, -0.2) is 12.7 Å². The van der Waals surface area contributed by atoms with Crippen molar-refractivity contribution in [3.8, 4) is 5.75 Å². The van der Waals surface area contributed by atoms with E-state index in [2.05, 4.69) is 5.32 Å². The van der Waals surface area contributed by atoms with Gasteiger partial charge in [0, 0.05) is 19.7 Å². The molecular formula is C17H19ClN2O4S. The Bertz CT molecular complexity index is 853. The van der Waals surface area contributed by atoms with E-state index in [1.54, 1.807) is 30.3 Å². The van der Waals surface area contributed by atoms with Crippen molar-refractivity contribution in [2.24, 2.45) is 0 Å². The van der Waals surface area contributed by atoms with Crippen molar-refractivity contribution in [2.75, 3.05) is 27.2 Å². The molecule has 0 heterocycles. The first-order chi connectivity index (χ1) is 11.8. The molecule has 2 aromatic rings. The summed E-state index contributed by atoms with van der Waals surface area (Å²) in [5, 5.41) is 3.18.